The van der Waals surface area contributed by atoms with Crippen LogP contribution in [-0.2, 0) is 0 Å². The van der Waals surface area contributed by atoms with E-state index >= 15 is 0 Å². The molecule has 0 aromatic carbocycles. The van der Waals surface area contributed by atoms with Crippen molar-refractivity contribution in [3.8, 4) is 0 Å². The van der Waals surface area contributed by atoms with Gasteiger partial charge in [0, 0.05) is 19.2 Å². The van der Waals surface area contributed by atoms with Crippen molar-refractivity contribution < 1.29 is 0 Å². The molecule has 28 valence electrons. The van der Waals surface area contributed by atoms with Gasteiger partial charge in [0.2, 0.25) is 0 Å². The topological polar surface area (TPSA) is 24.4 Å². The first kappa shape index (κ1) is 2.69. The van der Waals surface area contributed by atoms with Gasteiger partial charge >= 0.3 is 0 Å². The van der Waals surface area contributed by atoms with Gasteiger partial charge in [0.25, 0.3) is 0 Å². The highest BCUT2D eigenvalue weighted by Crippen LogP contribution is 1.75. The fourth-order valence-corrected chi connectivity index (χ4v) is 0.323. The van der Waals surface area contributed by atoms with Crippen LogP contribution in [0.5, 0.6) is 0 Å². The highest BCUT2D eigenvalue weighted by Gasteiger charge is 1.83. The molecule has 1 aliphatic heterocycles. The van der Waals surface area contributed by atoms with E-state index in [-0.39, 0.29) is 0 Å². The Balaban J connectivity index is 2.32. The predicted molar refractivity (Wildman–Crippen MR) is 21.1 cm³/mol. The van der Waals surface area contributed by atoms with E-state index in [4.69, 9.17) is 0 Å². The normalized spacial score (nSPS) is 19.2. The quantitative estimate of drug-likeness (QED) is 0.425. The molecule has 2 nitrogen and oxygen atoms in total. The molecular weight excluding hydrogens is 64.0 g/mol. The Bertz CT molecular complexity index is 42.9. The third-order valence-electron chi connectivity index (χ3n) is 0.568. The van der Waals surface area contributed by atoms with Gasteiger partial charge in [0.05, 0.1) is 0 Å². The lowest BCUT2D eigenvalue weighted by atomic mass is 10.5. The SMILES string of the molecule is C1=NNCC1. The molecule has 1 aliphatic rings. The zero-order valence-corrected chi connectivity index (χ0v) is 2.94. The van der Waals surface area contributed by atoms with Crippen LogP contribution in [0, 0.1) is 0 Å². The van der Waals surface area contributed by atoms with Gasteiger partial charge in [-0.05, 0) is 0 Å². The molecule has 0 atom stereocenters. The van der Waals surface area contributed by atoms with Crippen molar-refractivity contribution in [2.24, 2.45) is 5.10 Å². The Morgan fingerprint density at radius 2 is 2.80 bits per heavy atom. The lowest BCUT2D eigenvalue weighted by Gasteiger charge is -1.76. The van der Waals surface area contributed by atoms with E-state index in [2.05, 4.69) is 10.5 Å². The molecule has 0 fully saturated rings. The number of hydrogen-bond acceptors (Lipinski definition) is 2. The summed E-state index contributed by atoms with van der Waals surface area (Å²) in [5.41, 5.74) is 2.79. The average Bonchev–Trinajstić information content (AvgIpc) is 1.76. The number of hydrazone groups is 1. The average molecular weight is 70.1 g/mol. The Kier molecular flexibility index (Phi) is 0.571. The van der Waals surface area contributed by atoms with Gasteiger partial charge in [-0.15, -0.1) is 0 Å². The van der Waals surface area contributed by atoms with Crippen LogP contribution < -0.4 is 5.43 Å². The van der Waals surface area contributed by atoms with E-state index in [0.29, 0.717) is 0 Å². The molecule has 0 amide bonds. The van der Waals surface area contributed by atoms with Crippen molar-refractivity contribution in [3.63, 3.8) is 0 Å². The van der Waals surface area contributed by atoms with Crippen LogP contribution >= 0.6 is 0 Å². The van der Waals surface area contributed by atoms with E-state index < -0.39 is 0 Å². The summed E-state index contributed by atoms with van der Waals surface area (Å²) >= 11 is 0. The third-order valence-corrected chi connectivity index (χ3v) is 0.568. The number of rotatable bonds is 0. The monoisotopic (exact) mass is 70.1 g/mol. The molecule has 2 heteroatoms. The molecule has 5 heavy (non-hydrogen) atoms. The van der Waals surface area contributed by atoms with Crippen LogP contribution in [0.2, 0.25) is 0 Å². The van der Waals surface area contributed by atoms with E-state index in [1.807, 2.05) is 6.21 Å². The summed E-state index contributed by atoms with van der Waals surface area (Å²) in [7, 11) is 0. The van der Waals surface area contributed by atoms with Crippen molar-refractivity contribution in [1.82, 2.24) is 5.43 Å². The van der Waals surface area contributed by atoms with Gasteiger partial charge < -0.3 is 5.43 Å². The maximum atomic E-state index is 3.71. The van der Waals surface area contributed by atoms with E-state index in [0.717, 1.165) is 13.0 Å². The standard InChI is InChI=1S/C3H6N2/c1-2-4-5-3-1/h2,5H,1,3H2. The van der Waals surface area contributed by atoms with Crippen molar-refractivity contribution in [1.29, 1.82) is 0 Å². The Morgan fingerprint density at radius 3 is 3.00 bits per heavy atom. The van der Waals surface area contributed by atoms with E-state index in [9.17, 15) is 0 Å². The van der Waals surface area contributed by atoms with Crippen LogP contribution in [0.1, 0.15) is 6.42 Å². The first-order chi connectivity index (χ1) is 2.50. The maximum absolute atomic E-state index is 3.71. The van der Waals surface area contributed by atoms with Crippen molar-refractivity contribution in [2.45, 2.75) is 6.42 Å². The molecule has 0 saturated carbocycles. The molecule has 0 bridgehead atoms. The van der Waals surface area contributed by atoms with Crippen LogP contribution in [0.15, 0.2) is 5.10 Å². The number of nitrogens with one attached hydrogen (secondary N) is 1. The molecule has 0 saturated heterocycles. The van der Waals surface area contributed by atoms with Gasteiger partial charge in [0.15, 0.2) is 0 Å². The molecule has 0 aliphatic carbocycles. The molecule has 0 unspecified atom stereocenters. The Morgan fingerprint density at radius 1 is 1.80 bits per heavy atom. The minimum absolute atomic E-state index is 1.03. The number of nitrogens with zero attached hydrogens (tertiary/aromatic N) is 1. The zero-order valence-electron chi connectivity index (χ0n) is 2.94. The first-order valence-corrected chi connectivity index (χ1v) is 1.74. The van der Waals surface area contributed by atoms with Crippen LogP contribution in [0.3, 0.4) is 0 Å². The summed E-state index contributed by atoms with van der Waals surface area (Å²) in [4.78, 5) is 0. The molecule has 1 heterocycles. The largest absolute Gasteiger partial charge is 0.310 e. The van der Waals surface area contributed by atoms with Crippen LogP contribution in [-0.4, -0.2) is 12.8 Å². The molecule has 1 N–H and O–H groups in total. The Labute approximate surface area is 30.9 Å². The summed E-state index contributed by atoms with van der Waals surface area (Å²) in [6, 6.07) is 0. The fourth-order valence-electron chi connectivity index (χ4n) is 0.323. The molecular formula is C3H6N2. The van der Waals surface area contributed by atoms with Crippen molar-refractivity contribution in [3.05, 3.63) is 0 Å². The van der Waals surface area contributed by atoms with Gasteiger partial charge in [-0.25, -0.2) is 0 Å². The minimum Gasteiger partial charge on any atom is -0.310 e. The van der Waals surface area contributed by atoms with Gasteiger partial charge in [-0.3, -0.25) is 0 Å². The molecule has 0 aromatic heterocycles. The minimum atomic E-state index is 1.03. The van der Waals surface area contributed by atoms with Gasteiger partial charge in [-0.2, -0.15) is 5.10 Å². The Hall–Kier alpha value is -0.530. The van der Waals surface area contributed by atoms with Gasteiger partial charge in [-0.1, -0.05) is 0 Å². The van der Waals surface area contributed by atoms with E-state index in [1.165, 1.54) is 0 Å². The third kappa shape index (κ3) is 0.375. The molecule has 0 spiro atoms. The maximum Gasteiger partial charge on any atom is 0.0379 e. The summed E-state index contributed by atoms with van der Waals surface area (Å²) in [6.45, 7) is 1.03. The summed E-state index contributed by atoms with van der Waals surface area (Å²) in [6.07, 6.45) is 2.97. The highest BCUT2D eigenvalue weighted by molar-refractivity contribution is 5.58. The lowest BCUT2D eigenvalue weighted by Crippen LogP contribution is -1.96. The lowest BCUT2D eigenvalue weighted by molar-refractivity contribution is 0.813. The van der Waals surface area contributed by atoms with Crippen LogP contribution in [0.4, 0.5) is 0 Å². The molecule has 0 aromatic rings. The fraction of sp³-hybridized carbons (Fsp3) is 0.667. The summed E-state index contributed by atoms with van der Waals surface area (Å²) in [5.74, 6) is 0. The van der Waals surface area contributed by atoms with Crippen molar-refractivity contribution >= 4 is 6.21 Å². The zero-order chi connectivity index (χ0) is 3.54. The van der Waals surface area contributed by atoms with Crippen LogP contribution in [0.25, 0.3) is 0 Å². The first-order valence-electron chi connectivity index (χ1n) is 1.74. The predicted octanol–water partition coefficient (Wildman–Crippen LogP) is -0.0345. The van der Waals surface area contributed by atoms with Gasteiger partial charge in [0.1, 0.15) is 0 Å². The summed E-state index contributed by atoms with van der Waals surface area (Å²) < 4.78 is 0. The smallest absolute Gasteiger partial charge is 0.0379 e. The second kappa shape index (κ2) is 1.06. The number of hydrogen-bond donors (Lipinski definition) is 1. The van der Waals surface area contributed by atoms with E-state index in [1.54, 1.807) is 0 Å². The van der Waals surface area contributed by atoms with Crippen molar-refractivity contribution in [2.75, 3.05) is 6.54 Å². The highest BCUT2D eigenvalue weighted by atomic mass is 15.3. The second-order valence-corrected chi connectivity index (χ2v) is 1.01. The second-order valence-electron chi connectivity index (χ2n) is 1.01. The molecule has 1 rings (SSSR count). The molecule has 0 radical (unpaired) electrons. The summed E-state index contributed by atoms with van der Waals surface area (Å²) in [5, 5.41) is 3.71.